The summed E-state index contributed by atoms with van der Waals surface area (Å²) in [5.41, 5.74) is 0. The van der Waals surface area contributed by atoms with Crippen LogP contribution in [0, 0.1) is 0 Å². The van der Waals surface area contributed by atoms with Gasteiger partial charge in [-0.05, 0) is 6.92 Å². The van der Waals surface area contributed by atoms with Gasteiger partial charge in [0, 0.05) is 0 Å². The summed E-state index contributed by atoms with van der Waals surface area (Å²) < 4.78 is 81.3. The Hall–Kier alpha value is -0.530. The molecule has 0 amide bonds. The molecule has 1 nitrogen and oxygen atoms in total. The quantitative estimate of drug-likeness (QED) is 0.383. The molecule has 0 aliphatic rings. The average Bonchev–Trinajstić information content (AvgIpc) is 1.86. The fourth-order valence-corrected chi connectivity index (χ4v) is 0.352. The third kappa shape index (κ3) is 1.62. The van der Waals surface area contributed by atoms with Gasteiger partial charge in [-0.1, -0.05) is 8.96 Å². The monoisotopic (exact) mass is 199 g/mol. The summed E-state index contributed by atoms with van der Waals surface area (Å²) in [4.78, 5) is 0. The highest BCUT2D eigenvalue weighted by molar-refractivity contribution is 4.84. The van der Waals surface area contributed by atoms with Gasteiger partial charge in [0.15, 0.2) is 6.17 Å². The molecule has 1 atom stereocenters. The summed E-state index contributed by atoms with van der Waals surface area (Å²) in [7, 11) is 0. The largest absolute Gasteiger partial charge is 0.422 e. The zero-order valence-electron chi connectivity index (χ0n) is 5.67. The van der Waals surface area contributed by atoms with E-state index in [1.807, 2.05) is 0 Å². The van der Waals surface area contributed by atoms with Crippen molar-refractivity contribution in [2.75, 3.05) is 0 Å². The van der Waals surface area contributed by atoms with Gasteiger partial charge < -0.3 is 0 Å². The van der Waals surface area contributed by atoms with E-state index in [4.69, 9.17) is 0 Å². The van der Waals surface area contributed by atoms with E-state index in [1.165, 1.54) is 0 Å². The molecule has 0 N–H and O–H groups in total. The number of nitrogens with zero attached hydrogens (tertiary/aromatic N) is 1. The van der Waals surface area contributed by atoms with Gasteiger partial charge in [-0.3, -0.25) is 0 Å². The molecule has 0 aliphatic heterocycles. The van der Waals surface area contributed by atoms with Crippen molar-refractivity contribution < 1.29 is 30.9 Å². The van der Waals surface area contributed by atoms with E-state index in [0.717, 1.165) is 0 Å². The van der Waals surface area contributed by atoms with Crippen LogP contribution in [-0.2, 0) is 0 Å². The Morgan fingerprint density at radius 1 is 1.08 bits per heavy atom. The fraction of sp³-hybridized carbons (Fsp3) is 1.00. The van der Waals surface area contributed by atoms with Crippen molar-refractivity contribution in [3.05, 3.63) is 0 Å². The molecule has 74 valence electrons. The van der Waals surface area contributed by atoms with Crippen molar-refractivity contribution in [3.63, 3.8) is 0 Å². The van der Waals surface area contributed by atoms with Gasteiger partial charge in [0.05, 0.1) is 5.34 Å². The van der Waals surface area contributed by atoms with Crippen LogP contribution in [0.4, 0.5) is 30.9 Å². The van der Waals surface area contributed by atoms with E-state index in [-0.39, 0.29) is 6.92 Å². The molecule has 0 radical (unpaired) electrons. The lowest BCUT2D eigenvalue weighted by Gasteiger charge is -2.26. The molecule has 0 spiro atoms. The lowest BCUT2D eigenvalue weighted by atomic mass is 10.2. The highest BCUT2D eigenvalue weighted by atomic mass is 19.4. The molecule has 0 aliphatic carbocycles. The van der Waals surface area contributed by atoms with E-state index in [9.17, 15) is 30.9 Å². The number of alkyl halides is 5. The zero-order valence-corrected chi connectivity index (χ0v) is 5.67. The van der Waals surface area contributed by atoms with E-state index in [1.54, 1.807) is 0 Å². The Labute approximate surface area is 62.6 Å². The second-order valence-electron chi connectivity index (χ2n) is 2.01. The van der Waals surface area contributed by atoms with Gasteiger partial charge >= 0.3 is 12.0 Å². The SMILES string of the molecule is CC(F)C(F)(F)C(F)(F)N(F)F. The minimum atomic E-state index is -5.79. The van der Waals surface area contributed by atoms with E-state index in [0.29, 0.717) is 0 Å². The average molecular weight is 199 g/mol. The summed E-state index contributed by atoms with van der Waals surface area (Å²) in [6, 6.07) is -5.79. The summed E-state index contributed by atoms with van der Waals surface area (Å²) in [5, 5.41) is -3.01. The summed E-state index contributed by atoms with van der Waals surface area (Å²) in [6.07, 6.45) is -3.36. The molecule has 0 rings (SSSR count). The van der Waals surface area contributed by atoms with Gasteiger partial charge in [-0.15, -0.1) is 0 Å². The van der Waals surface area contributed by atoms with Gasteiger partial charge in [0.1, 0.15) is 0 Å². The first-order chi connectivity index (χ1) is 5.14. The Balaban J connectivity index is 4.75. The molecule has 12 heavy (non-hydrogen) atoms. The van der Waals surface area contributed by atoms with Crippen molar-refractivity contribution in [1.82, 2.24) is 5.34 Å². The second kappa shape index (κ2) is 3.08. The number of hydrogen-bond acceptors (Lipinski definition) is 1. The van der Waals surface area contributed by atoms with E-state index >= 15 is 0 Å². The van der Waals surface area contributed by atoms with Crippen LogP contribution in [0.1, 0.15) is 6.92 Å². The van der Waals surface area contributed by atoms with Gasteiger partial charge in [-0.25, -0.2) is 4.39 Å². The number of halogens is 7. The topological polar surface area (TPSA) is 3.24 Å². The Morgan fingerprint density at radius 3 is 1.50 bits per heavy atom. The highest BCUT2D eigenvalue weighted by Gasteiger charge is 2.66. The molecule has 0 saturated heterocycles. The number of hydrogen-bond donors (Lipinski definition) is 0. The standard InChI is InChI=1S/C4H4F7N/c1-2(5)3(6,7)4(8,9)12(10)11/h2H,1H3. The van der Waals surface area contributed by atoms with Crippen LogP contribution in [0.3, 0.4) is 0 Å². The molecule has 8 heteroatoms. The molecule has 0 aromatic heterocycles. The van der Waals surface area contributed by atoms with Crippen molar-refractivity contribution in [3.8, 4) is 0 Å². The lowest BCUT2D eigenvalue weighted by Crippen LogP contribution is -2.52. The zero-order chi connectivity index (χ0) is 10.2. The molecule has 0 aromatic rings. The minimum Gasteiger partial charge on any atom is -0.241 e. The molecule has 1 unspecified atom stereocenters. The van der Waals surface area contributed by atoms with Crippen LogP contribution in [0.15, 0.2) is 0 Å². The Kier molecular flexibility index (Phi) is 2.94. The predicted octanol–water partition coefficient (Wildman–Crippen LogP) is 2.64. The van der Waals surface area contributed by atoms with Crippen LogP contribution < -0.4 is 0 Å². The van der Waals surface area contributed by atoms with Crippen LogP contribution in [0.2, 0.25) is 0 Å². The van der Waals surface area contributed by atoms with Crippen molar-refractivity contribution in [1.29, 1.82) is 0 Å². The van der Waals surface area contributed by atoms with E-state index in [2.05, 4.69) is 0 Å². The highest BCUT2D eigenvalue weighted by Crippen LogP contribution is 2.41. The summed E-state index contributed by atoms with van der Waals surface area (Å²) in [5.74, 6) is -5.41. The first-order valence-electron chi connectivity index (χ1n) is 2.65. The molecule has 0 fully saturated rings. The van der Waals surface area contributed by atoms with Gasteiger partial charge in [-0.2, -0.15) is 17.6 Å². The van der Waals surface area contributed by atoms with Crippen LogP contribution in [0.25, 0.3) is 0 Å². The maximum Gasteiger partial charge on any atom is 0.422 e. The molecule has 0 saturated carbocycles. The van der Waals surface area contributed by atoms with Gasteiger partial charge in [0.2, 0.25) is 0 Å². The molecule has 0 heterocycles. The van der Waals surface area contributed by atoms with Crippen molar-refractivity contribution in [2.24, 2.45) is 0 Å². The Morgan fingerprint density at radius 2 is 1.42 bits per heavy atom. The minimum absolute atomic E-state index is 0.0669. The maximum atomic E-state index is 11.9. The number of rotatable bonds is 3. The molecular weight excluding hydrogens is 195 g/mol. The third-order valence-electron chi connectivity index (χ3n) is 1.11. The van der Waals surface area contributed by atoms with Crippen molar-refractivity contribution >= 4 is 0 Å². The predicted molar refractivity (Wildman–Crippen MR) is 24.5 cm³/mol. The third-order valence-corrected chi connectivity index (χ3v) is 1.11. The smallest absolute Gasteiger partial charge is 0.241 e. The molecular formula is C4H4F7N. The first-order valence-corrected chi connectivity index (χ1v) is 2.65. The van der Waals surface area contributed by atoms with E-state index < -0.39 is 23.5 Å². The summed E-state index contributed by atoms with van der Waals surface area (Å²) >= 11 is 0. The first kappa shape index (κ1) is 11.5. The van der Waals surface area contributed by atoms with Crippen LogP contribution >= 0.6 is 0 Å². The lowest BCUT2D eigenvalue weighted by molar-refractivity contribution is -0.406. The van der Waals surface area contributed by atoms with Crippen LogP contribution in [0.5, 0.6) is 0 Å². The fourth-order valence-electron chi connectivity index (χ4n) is 0.352. The van der Waals surface area contributed by atoms with Crippen molar-refractivity contribution in [2.45, 2.75) is 25.1 Å². The maximum absolute atomic E-state index is 11.9. The normalized spacial score (nSPS) is 16.8. The van der Waals surface area contributed by atoms with Gasteiger partial charge in [0.25, 0.3) is 0 Å². The molecule has 0 aromatic carbocycles. The second-order valence-corrected chi connectivity index (χ2v) is 2.01. The van der Waals surface area contributed by atoms with Crippen LogP contribution in [-0.4, -0.2) is 23.5 Å². The molecule has 0 bridgehead atoms. The summed E-state index contributed by atoms with van der Waals surface area (Å²) in [6.45, 7) is 0.0669. The Bertz CT molecular complexity index is 135.